The summed E-state index contributed by atoms with van der Waals surface area (Å²) in [6.45, 7) is 3.11. The number of hydrogen-bond acceptors (Lipinski definition) is 4. The van der Waals surface area contributed by atoms with Crippen LogP contribution in [0.25, 0.3) is 0 Å². The van der Waals surface area contributed by atoms with Crippen LogP contribution in [0.3, 0.4) is 0 Å². The molecule has 104 valence electrons. The number of thioether (sulfide) groups is 1. The lowest BCUT2D eigenvalue weighted by Crippen LogP contribution is -2.27. The Kier molecular flexibility index (Phi) is 3.77. The Balaban J connectivity index is 1.60. The second-order valence-electron chi connectivity index (χ2n) is 5.40. The van der Waals surface area contributed by atoms with Crippen molar-refractivity contribution in [1.82, 2.24) is 20.1 Å². The number of carbonyl (C=O) groups is 1. The minimum atomic E-state index is 0.117. The van der Waals surface area contributed by atoms with Crippen LogP contribution in [-0.4, -0.2) is 32.5 Å². The van der Waals surface area contributed by atoms with E-state index in [1.165, 1.54) is 24.6 Å². The van der Waals surface area contributed by atoms with E-state index in [2.05, 4.69) is 27.0 Å². The van der Waals surface area contributed by atoms with Gasteiger partial charge < -0.3 is 9.88 Å². The molecule has 0 saturated heterocycles. The second-order valence-corrected chi connectivity index (χ2v) is 6.34. The van der Waals surface area contributed by atoms with Gasteiger partial charge in [0.2, 0.25) is 5.91 Å². The topological polar surface area (TPSA) is 59.8 Å². The third-order valence-electron chi connectivity index (χ3n) is 3.41. The lowest BCUT2D eigenvalue weighted by atomic mass is 10.4. The first-order valence-corrected chi connectivity index (χ1v) is 8.11. The van der Waals surface area contributed by atoms with E-state index in [9.17, 15) is 4.79 Å². The van der Waals surface area contributed by atoms with Crippen molar-refractivity contribution in [2.45, 2.75) is 62.7 Å². The van der Waals surface area contributed by atoms with Crippen LogP contribution in [0.2, 0.25) is 0 Å². The molecule has 0 radical (unpaired) electrons. The molecule has 6 heteroatoms. The van der Waals surface area contributed by atoms with Gasteiger partial charge in [0, 0.05) is 18.5 Å². The fourth-order valence-electron chi connectivity index (χ4n) is 2.11. The summed E-state index contributed by atoms with van der Waals surface area (Å²) in [5.74, 6) is 2.29. The summed E-state index contributed by atoms with van der Waals surface area (Å²) in [7, 11) is 0. The van der Waals surface area contributed by atoms with Gasteiger partial charge in [-0.25, -0.2) is 0 Å². The Morgan fingerprint density at radius 2 is 2.16 bits per heavy atom. The molecule has 0 bridgehead atoms. The Morgan fingerprint density at radius 1 is 1.37 bits per heavy atom. The predicted molar refractivity (Wildman–Crippen MR) is 74.2 cm³/mol. The van der Waals surface area contributed by atoms with Crippen LogP contribution < -0.4 is 5.32 Å². The van der Waals surface area contributed by atoms with Crippen LogP contribution in [0.15, 0.2) is 5.16 Å². The number of rotatable bonds is 7. The highest BCUT2D eigenvalue weighted by atomic mass is 32.2. The molecule has 1 N–H and O–H groups in total. The Labute approximate surface area is 117 Å². The summed E-state index contributed by atoms with van der Waals surface area (Å²) < 4.78 is 2.20. The molecule has 1 amide bonds. The maximum absolute atomic E-state index is 11.7. The molecule has 3 rings (SSSR count). The molecule has 0 aliphatic heterocycles. The molecular weight excluding hydrogens is 260 g/mol. The van der Waals surface area contributed by atoms with E-state index in [4.69, 9.17) is 0 Å². The van der Waals surface area contributed by atoms with E-state index < -0.39 is 0 Å². The molecule has 2 aliphatic rings. The maximum Gasteiger partial charge on any atom is 0.230 e. The Hall–Kier alpha value is -1.04. The fourth-order valence-corrected chi connectivity index (χ4v) is 2.89. The van der Waals surface area contributed by atoms with E-state index in [1.54, 1.807) is 0 Å². The van der Waals surface area contributed by atoms with Crippen LogP contribution >= 0.6 is 11.8 Å². The number of carbonyl (C=O) groups excluding carboxylic acids is 1. The largest absolute Gasteiger partial charge is 0.353 e. The molecule has 2 fully saturated rings. The molecule has 1 heterocycles. The Morgan fingerprint density at radius 3 is 2.79 bits per heavy atom. The maximum atomic E-state index is 11.7. The van der Waals surface area contributed by atoms with E-state index in [1.807, 2.05) is 0 Å². The average molecular weight is 280 g/mol. The highest BCUT2D eigenvalue weighted by Gasteiger charge is 2.30. The van der Waals surface area contributed by atoms with Crippen molar-refractivity contribution in [2.24, 2.45) is 0 Å². The van der Waals surface area contributed by atoms with Crippen LogP contribution in [-0.2, 0) is 11.3 Å². The fraction of sp³-hybridized carbons (Fsp3) is 0.769. The zero-order valence-electron chi connectivity index (χ0n) is 11.3. The molecule has 2 aliphatic carbocycles. The summed E-state index contributed by atoms with van der Waals surface area (Å²) in [5.41, 5.74) is 0. The zero-order valence-corrected chi connectivity index (χ0v) is 12.1. The number of nitrogens with one attached hydrogen (secondary N) is 1. The monoisotopic (exact) mass is 280 g/mol. The molecule has 0 aromatic carbocycles. The minimum Gasteiger partial charge on any atom is -0.353 e. The summed E-state index contributed by atoms with van der Waals surface area (Å²) >= 11 is 1.51. The molecule has 1 aromatic rings. The van der Waals surface area contributed by atoms with Crippen molar-refractivity contribution in [3.05, 3.63) is 5.82 Å². The molecule has 19 heavy (non-hydrogen) atoms. The van der Waals surface area contributed by atoms with Gasteiger partial charge >= 0.3 is 0 Å². The third-order valence-corrected chi connectivity index (χ3v) is 4.38. The molecule has 0 atom stereocenters. The molecule has 2 saturated carbocycles. The molecular formula is C13H20N4OS. The van der Waals surface area contributed by atoms with Crippen molar-refractivity contribution >= 4 is 17.7 Å². The van der Waals surface area contributed by atoms with Crippen molar-refractivity contribution in [1.29, 1.82) is 0 Å². The van der Waals surface area contributed by atoms with Gasteiger partial charge in [0.05, 0.1) is 5.75 Å². The minimum absolute atomic E-state index is 0.117. The van der Waals surface area contributed by atoms with Gasteiger partial charge in [0.15, 0.2) is 5.16 Å². The summed E-state index contributed by atoms with van der Waals surface area (Å²) in [6.07, 6.45) is 5.80. The lowest BCUT2D eigenvalue weighted by Gasteiger charge is -2.08. The van der Waals surface area contributed by atoms with Crippen molar-refractivity contribution in [3.8, 4) is 0 Å². The lowest BCUT2D eigenvalue weighted by molar-refractivity contribution is -0.118. The van der Waals surface area contributed by atoms with Gasteiger partial charge in [0.25, 0.3) is 0 Å². The average Bonchev–Trinajstić information content (AvgIpc) is 3.29. The van der Waals surface area contributed by atoms with Gasteiger partial charge in [0.1, 0.15) is 5.82 Å². The van der Waals surface area contributed by atoms with E-state index in [0.29, 0.717) is 17.7 Å². The second kappa shape index (κ2) is 5.53. The molecule has 1 aromatic heterocycles. The summed E-state index contributed by atoms with van der Waals surface area (Å²) in [5, 5.41) is 12.5. The van der Waals surface area contributed by atoms with Crippen molar-refractivity contribution in [3.63, 3.8) is 0 Å². The van der Waals surface area contributed by atoms with Crippen LogP contribution in [0, 0.1) is 0 Å². The molecule has 0 spiro atoms. The highest BCUT2D eigenvalue weighted by molar-refractivity contribution is 7.99. The van der Waals surface area contributed by atoms with Gasteiger partial charge in [-0.15, -0.1) is 10.2 Å². The first kappa shape index (κ1) is 13.0. The molecule has 5 nitrogen and oxygen atoms in total. The number of hydrogen-bond donors (Lipinski definition) is 1. The SMILES string of the molecule is CCCn1c(SCC(=O)NC2CC2)nnc1C1CC1. The van der Waals surface area contributed by atoms with Crippen LogP contribution in [0.1, 0.15) is 50.8 Å². The van der Waals surface area contributed by atoms with Crippen LogP contribution in [0.5, 0.6) is 0 Å². The highest BCUT2D eigenvalue weighted by Crippen LogP contribution is 2.40. The third kappa shape index (κ3) is 3.29. The standard InChI is InChI=1S/C13H20N4OS/c1-2-7-17-12(9-3-4-9)15-16-13(17)19-8-11(18)14-10-5-6-10/h9-10H,2-8H2,1H3,(H,14,18). The smallest absolute Gasteiger partial charge is 0.230 e. The van der Waals surface area contributed by atoms with Gasteiger partial charge in [-0.3, -0.25) is 4.79 Å². The van der Waals surface area contributed by atoms with Crippen molar-refractivity contribution < 1.29 is 4.79 Å². The first-order chi connectivity index (χ1) is 9.28. The quantitative estimate of drug-likeness (QED) is 0.775. The summed E-state index contributed by atoms with van der Waals surface area (Å²) in [6, 6.07) is 0.434. The summed E-state index contributed by atoms with van der Waals surface area (Å²) in [4.78, 5) is 11.7. The first-order valence-electron chi connectivity index (χ1n) is 7.13. The number of amides is 1. The zero-order chi connectivity index (χ0) is 13.2. The van der Waals surface area contributed by atoms with Gasteiger partial charge in [-0.1, -0.05) is 18.7 Å². The van der Waals surface area contributed by atoms with E-state index >= 15 is 0 Å². The van der Waals surface area contributed by atoms with Gasteiger partial charge in [-0.05, 0) is 32.1 Å². The number of nitrogens with zero attached hydrogens (tertiary/aromatic N) is 3. The Bertz CT molecular complexity index is 465. The van der Waals surface area contributed by atoms with E-state index in [-0.39, 0.29) is 5.91 Å². The van der Waals surface area contributed by atoms with Crippen molar-refractivity contribution in [2.75, 3.05) is 5.75 Å². The van der Waals surface area contributed by atoms with E-state index in [0.717, 1.165) is 36.8 Å². The normalized spacial score (nSPS) is 18.6. The number of aromatic nitrogens is 3. The predicted octanol–water partition coefficient (Wildman–Crippen LogP) is 1.94. The van der Waals surface area contributed by atoms with Gasteiger partial charge in [-0.2, -0.15) is 0 Å². The van der Waals surface area contributed by atoms with Crippen LogP contribution in [0.4, 0.5) is 0 Å². The molecule has 0 unspecified atom stereocenters.